The zero-order valence-corrected chi connectivity index (χ0v) is 13.2. The van der Waals surface area contributed by atoms with Crippen LogP contribution in [0.25, 0.3) is 0 Å². The molecule has 1 aliphatic rings. The van der Waals surface area contributed by atoms with E-state index in [1.165, 1.54) is 12.7 Å². The van der Waals surface area contributed by atoms with Crippen LogP contribution in [0.4, 0.5) is 11.4 Å². The largest absolute Gasteiger partial charge is 0.397 e. The molecular weight excluding hydrogens is 274 g/mol. The molecule has 0 saturated carbocycles. The second-order valence-corrected chi connectivity index (χ2v) is 7.68. The Kier molecular flexibility index (Phi) is 4.25. The van der Waals surface area contributed by atoms with E-state index < -0.39 is 9.84 Å². The third-order valence-corrected chi connectivity index (χ3v) is 5.06. The van der Waals surface area contributed by atoms with Gasteiger partial charge in [0, 0.05) is 25.9 Å². The van der Waals surface area contributed by atoms with Crippen LogP contribution in [0.2, 0.25) is 0 Å². The molecule has 0 aromatic heterocycles. The number of likely N-dealkylation sites (N-methyl/N-ethyl adjacent to an activating group) is 2. The molecule has 5 nitrogen and oxygen atoms in total. The molecule has 112 valence electrons. The summed E-state index contributed by atoms with van der Waals surface area (Å²) >= 11 is 0. The van der Waals surface area contributed by atoms with Gasteiger partial charge in [-0.3, -0.25) is 0 Å². The third kappa shape index (κ3) is 3.24. The third-order valence-electron chi connectivity index (χ3n) is 3.95. The highest BCUT2D eigenvalue weighted by atomic mass is 32.2. The van der Waals surface area contributed by atoms with Gasteiger partial charge < -0.3 is 15.5 Å². The van der Waals surface area contributed by atoms with Crippen LogP contribution in [0.1, 0.15) is 12.8 Å². The number of sulfone groups is 1. The summed E-state index contributed by atoms with van der Waals surface area (Å²) in [6.45, 7) is 2.14. The van der Waals surface area contributed by atoms with Gasteiger partial charge in [0.15, 0.2) is 9.84 Å². The molecule has 1 heterocycles. The lowest BCUT2D eigenvalue weighted by atomic mass is 10.0. The number of nitrogen functional groups attached to an aromatic ring is 1. The van der Waals surface area contributed by atoms with Crippen LogP contribution >= 0.6 is 0 Å². The van der Waals surface area contributed by atoms with E-state index in [1.54, 1.807) is 18.2 Å². The number of anilines is 2. The Hall–Kier alpha value is -1.27. The van der Waals surface area contributed by atoms with Crippen molar-refractivity contribution in [3.05, 3.63) is 18.2 Å². The Balaban J connectivity index is 2.24. The van der Waals surface area contributed by atoms with E-state index >= 15 is 0 Å². The fraction of sp³-hybridized carbons (Fsp3) is 0.571. The first-order valence-electron chi connectivity index (χ1n) is 6.80. The van der Waals surface area contributed by atoms with Gasteiger partial charge in [-0.15, -0.1) is 0 Å². The summed E-state index contributed by atoms with van der Waals surface area (Å²) in [6, 6.07) is 5.40. The minimum absolute atomic E-state index is 0.271. The maximum Gasteiger partial charge on any atom is 0.175 e. The second kappa shape index (κ2) is 5.61. The Bertz CT molecular complexity index is 586. The molecule has 0 aliphatic carbocycles. The summed E-state index contributed by atoms with van der Waals surface area (Å²) in [5.41, 5.74) is 7.46. The average molecular weight is 297 g/mol. The van der Waals surface area contributed by atoms with Gasteiger partial charge in [-0.2, -0.15) is 0 Å². The Morgan fingerprint density at radius 2 is 2.10 bits per heavy atom. The summed E-state index contributed by atoms with van der Waals surface area (Å²) in [6.07, 6.45) is 3.50. The highest BCUT2D eigenvalue weighted by Gasteiger charge is 2.23. The zero-order chi connectivity index (χ0) is 14.9. The van der Waals surface area contributed by atoms with Gasteiger partial charge >= 0.3 is 0 Å². The monoisotopic (exact) mass is 297 g/mol. The van der Waals surface area contributed by atoms with Crippen molar-refractivity contribution in [2.24, 2.45) is 0 Å². The SMILES string of the molecule is CN1CCCC(N(C)c2ccc(S(C)(=O)=O)cc2N)C1. The standard InChI is InChI=1S/C14H23N3O2S/c1-16-8-4-5-11(10-16)17(2)14-7-6-12(9-13(14)15)20(3,18)19/h6-7,9,11H,4-5,8,10,15H2,1-3H3. The first-order valence-corrected chi connectivity index (χ1v) is 8.69. The number of rotatable bonds is 3. The van der Waals surface area contributed by atoms with Gasteiger partial charge in [0.05, 0.1) is 16.3 Å². The van der Waals surface area contributed by atoms with Crippen molar-refractivity contribution in [2.75, 3.05) is 44.1 Å². The molecule has 1 atom stereocenters. The topological polar surface area (TPSA) is 66.6 Å². The van der Waals surface area contributed by atoms with Gasteiger partial charge in [-0.1, -0.05) is 0 Å². The van der Waals surface area contributed by atoms with Crippen LogP contribution < -0.4 is 10.6 Å². The van der Waals surface area contributed by atoms with E-state index in [-0.39, 0.29) is 4.90 Å². The minimum Gasteiger partial charge on any atom is -0.397 e. The lowest BCUT2D eigenvalue weighted by Gasteiger charge is -2.37. The number of nitrogens with zero attached hydrogens (tertiary/aromatic N) is 2. The maximum absolute atomic E-state index is 11.5. The normalized spacial score (nSPS) is 20.9. The summed E-state index contributed by atoms with van der Waals surface area (Å²) < 4.78 is 23.1. The van der Waals surface area contributed by atoms with Crippen molar-refractivity contribution >= 4 is 21.2 Å². The van der Waals surface area contributed by atoms with E-state index in [2.05, 4.69) is 16.8 Å². The van der Waals surface area contributed by atoms with Crippen molar-refractivity contribution in [3.63, 3.8) is 0 Å². The Labute approximate surface area is 121 Å². The first-order chi connectivity index (χ1) is 9.29. The van der Waals surface area contributed by atoms with E-state index in [9.17, 15) is 8.42 Å². The second-order valence-electron chi connectivity index (χ2n) is 5.66. The van der Waals surface area contributed by atoms with Crippen molar-refractivity contribution < 1.29 is 8.42 Å². The fourth-order valence-electron chi connectivity index (χ4n) is 2.74. The van der Waals surface area contributed by atoms with Crippen LogP contribution in [-0.2, 0) is 9.84 Å². The van der Waals surface area contributed by atoms with Gasteiger partial charge in [-0.25, -0.2) is 8.42 Å². The highest BCUT2D eigenvalue weighted by Crippen LogP contribution is 2.28. The molecule has 6 heteroatoms. The molecule has 2 rings (SSSR count). The molecule has 0 spiro atoms. The van der Waals surface area contributed by atoms with Crippen LogP contribution in [0.15, 0.2) is 23.1 Å². The van der Waals surface area contributed by atoms with Gasteiger partial charge in [-0.05, 0) is 44.6 Å². The van der Waals surface area contributed by atoms with E-state index in [1.807, 2.05) is 7.05 Å². The molecule has 0 radical (unpaired) electrons. The maximum atomic E-state index is 11.5. The highest BCUT2D eigenvalue weighted by molar-refractivity contribution is 7.90. The lowest BCUT2D eigenvalue weighted by Crippen LogP contribution is -2.45. The predicted octanol–water partition coefficient (Wildman–Crippen LogP) is 1.20. The van der Waals surface area contributed by atoms with Crippen molar-refractivity contribution in [3.8, 4) is 0 Å². The first kappa shape index (κ1) is 15.1. The van der Waals surface area contributed by atoms with Gasteiger partial charge in [0.2, 0.25) is 0 Å². The van der Waals surface area contributed by atoms with Gasteiger partial charge in [0.1, 0.15) is 0 Å². The summed E-state index contributed by atoms with van der Waals surface area (Å²) in [4.78, 5) is 4.75. The predicted molar refractivity (Wildman–Crippen MR) is 82.9 cm³/mol. The number of benzene rings is 1. The molecule has 1 saturated heterocycles. The molecule has 1 aromatic carbocycles. The van der Waals surface area contributed by atoms with Crippen molar-refractivity contribution in [1.29, 1.82) is 0 Å². The molecule has 2 N–H and O–H groups in total. The summed E-state index contributed by atoms with van der Waals surface area (Å²) in [5, 5.41) is 0. The van der Waals surface area contributed by atoms with E-state index in [0.717, 1.165) is 25.2 Å². The van der Waals surface area contributed by atoms with Crippen LogP contribution in [0.5, 0.6) is 0 Å². The summed E-state index contributed by atoms with van der Waals surface area (Å²) in [7, 11) is 0.936. The number of nitrogens with two attached hydrogens (primary N) is 1. The van der Waals surface area contributed by atoms with Crippen LogP contribution in [0, 0.1) is 0 Å². The van der Waals surface area contributed by atoms with Crippen LogP contribution in [0.3, 0.4) is 0 Å². The molecule has 1 aromatic rings. The molecular formula is C14H23N3O2S. The quantitative estimate of drug-likeness (QED) is 0.849. The molecule has 1 aliphatic heterocycles. The number of likely N-dealkylation sites (tertiary alicyclic amines) is 1. The Morgan fingerprint density at radius 3 is 2.65 bits per heavy atom. The molecule has 0 amide bonds. The molecule has 1 fully saturated rings. The molecule has 0 bridgehead atoms. The number of hydrogen-bond acceptors (Lipinski definition) is 5. The number of piperidine rings is 1. The lowest BCUT2D eigenvalue weighted by molar-refractivity contribution is 0.248. The van der Waals surface area contributed by atoms with Crippen molar-refractivity contribution in [2.45, 2.75) is 23.8 Å². The number of hydrogen-bond donors (Lipinski definition) is 1. The van der Waals surface area contributed by atoms with E-state index in [4.69, 9.17) is 5.73 Å². The summed E-state index contributed by atoms with van der Waals surface area (Å²) in [5.74, 6) is 0. The molecule has 20 heavy (non-hydrogen) atoms. The van der Waals surface area contributed by atoms with Gasteiger partial charge in [0.25, 0.3) is 0 Å². The zero-order valence-electron chi connectivity index (χ0n) is 12.3. The van der Waals surface area contributed by atoms with E-state index in [0.29, 0.717) is 11.7 Å². The average Bonchev–Trinajstić information content (AvgIpc) is 2.36. The Morgan fingerprint density at radius 1 is 1.40 bits per heavy atom. The fourth-order valence-corrected chi connectivity index (χ4v) is 3.39. The smallest absolute Gasteiger partial charge is 0.175 e. The minimum atomic E-state index is -3.21. The molecule has 1 unspecified atom stereocenters. The van der Waals surface area contributed by atoms with Crippen molar-refractivity contribution in [1.82, 2.24) is 4.90 Å². The van der Waals surface area contributed by atoms with Crippen LogP contribution in [-0.4, -0.2) is 52.8 Å².